The number of amides is 1. The number of carbonyl (C=O) groups excluding carboxylic acids is 1. The van der Waals surface area contributed by atoms with Gasteiger partial charge in [0.2, 0.25) is 5.91 Å². The Morgan fingerprint density at radius 2 is 2.24 bits per heavy atom. The van der Waals surface area contributed by atoms with E-state index in [0.29, 0.717) is 12.5 Å². The molecule has 0 aliphatic heterocycles. The summed E-state index contributed by atoms with van der Waals surface area (Å²) in [5.41, 5.74) is 0.230. The third kappa shape index (κ3) is 4.57. The number of hydrogen-bond donors (Lipinski definition) is 1. The standard InChI is InChI=1S/C13H15ClFNO/c1-9(2)8-16-13(17)7-6-10-11(14)4-3-5-12(10)15/h3-7,9H,8H2,1-2H3,(H,16,17). The maximum Gasteiger partial charge on any atom is 0.244 e. The normalized spacial score (nSPS) is 11.1. The van der Waals surface area contributed by atoms with Gasteiger partial charge in [-0.05, 0) is 24.1 Å². The molecule has 0 saturated heterocycles. The molecule has 0 radical (unpaired) electrons. The zero-order valence-corrected chi connectivity index (χ0v) is 10.6. The molecule has 0 unspecified atom stereocenters. The van der Waals surface area contributed by atoms with Crippen molar-refractivity contribution in [2.45, 2.75) is 13.8 Å². The molecule has 0 aliphatic rings. The molecular weight excluding hydrogens is 241 g/mol. The van der Waals surface area contributed by atoms with E-state index in [9.17, 15) is 9.18 Å². The highest BCUT2D eigenvalue weighted by atomic mass is 35.5. The average Bonchev–Trinajstić information content (AvgIpc) is 2.25. The van der Waals surface area contributed by atoms with Gasteiger partial charge in [-0.25, -0.2) is 4.39 Å². The van der Waals surface area contributed by atoms with Crippen molar-refractivity contribution in [3.05, 3.63) is 40.7 Å². The number of carbonyl (C=O) groups is 1. The Morgan fingerprint density at radius 3 is 2.82 bits per heavy atom. The van der Waals surface area contributed by atoms with Crippen LogP contribution in [0.25, 0.3) is 6.08 Å². The molecule has 0 fully saturated rings. The van der Waals surface area contributed by atoms with E-state index in [1.54, 1.807) is 6.07 Å². The van der Waals surface area contributed by atoms with Crippen LogP contribution in [0.4, 0.5) is 4.39 Å². The third-order valence-electron chi connectivity index (χ3n) is 2.09. The molecule has 1 aromatic carbocycles. The molecule has 1 rings (SSSR count). The van der Waals surface area contributed by atoms with Crippen molar-refractivity contribution in [3.63, 3.8) is 0 Å². The minimum Gasteiger partial charge on any atom is -0.352 e. The molecule has 92 valence electrons. The van der Waals surface area contributed by atoms with Crippen LogP contribution in [0.15, 0.2) is 24.3 Å². The zero-order chi connectivity index (χ0) is 12.8. The van der Waals surface area contributed by atoms with Crippen molar-refractivity contribution < 1.29 is 9.18 Å². The topological polar surface area (TPSA) is 29.1 Å². The summed E-state index contributed by atoms with van der Waals surface area (Å²) in [6.45, 7) is 4.59. The highest BCUT2D eigenvalue weighted by Gasteiger charge is 2.04. The lowest BCUT2D eigenvalue weighted by molar-refractivity contribution is -0.116. The summed E-state index contributed by atoms with van der Waals surface area (Å²) in [5.74, 6) is -0.312. The van der Waals surface area contributed by atoms with Gasteiger partial charge in [-0.15, -0.1) is 0 Å². The van der Waals surface area contributed by atoms with Crippen LogP contribution in [0.1, 0.15) is 19.4 Å². The van der Waals surface area contributed by atoms with Gasteiger partial charge < -0.3 is 5.32 Å². The molecule has 0 bridgehead atoms. The Kier molecular flexibility index (Phi) is 5.16. The molecule has 4 heteroatoms. The van der Waals surface area contributed by atoms with Crippen LogP contribution in [0.2, 0.25) is 5.02 Å². The number of nitrogens with one attached hydrogen (secondary N) is 1. The van der Waals surface area contributed by atoms with Crippen molar-refractivity contribution in [1.29, 1.82) is 0 Å². The third-order valence-corrected chi connectivity index (χ3v) is 2.42. The molecule has 1 amide bonds. The van der Waals surface area contributed by atoms with Crippen LogP contribution in [0, 0.1) is 11.7 Å². The van der Waals surface area contributed by atoms with Gasteiger partial charge in [0.05, 0.1) is 5.02 Å². The fraction of sp³-hybridized carbons (Fsp3) is 0.308. The van der Waals surface area contributed by atoms with E-state index < -0.39 is 5.82 Å². The van der Waals surface area contributed by atoms with Crippen molar-refractivity contribution in [2.24, 2.45) is 5.92 Å². The van der Waals surface area contributed by atoms with Gasteiger partial charge in [-0.2, -0.15) is 0 Å². The highest BCUT2D eigenvalue weighted by Crippen LogP contribution is 2.20. The quantitative estimate of drug-likeness (QED) is 0.822. The first-order valence-corrected chi connectivity index (χ1v) is 5.78. The van der Waals surface area contributed by atoms with Crippen LogP contribution >= 0.6 is 11.6 Å². The highest BCUT2D eigenvalue weighted by molar-refractivity contribution is 6.32. The van der Waals surface area contributed by atoms with E-state index in [-0.39, 0.29) is 16.5 Å². The Balaban J connectivity index is 2.67. The second-order valence-corrected chi connectivity index (χ2v) is 4.51. The summed E-state index contributed by atoms with van der Waals surface area (Å²) in [4.78, 5) is 11.4. The second-order valence-electron chi connectivity index (χ2n) is 4.11. The molecule has 1 N–H and O–H groups in total. The Bertz CT molecular complexity index is 409. The van der Waals surface area contributed by atoms with E-state index in [0.717, 1.165) is 0 Å². The fourth-order valence-corrected chi connectivity index (χ4v) is 1.42. The number of hydrogen-bond acceptors (Lipinski definition) is 1. The monoisotopic (exact) mass is 255 g/mol. The van der Waals surface area contributed by atoms with Crippen LogP contribution in [0.3, 0.4) is 0 Å². The molecule has 0 aromatic heterocycles. The van der Waals surface area contributed by atoms with Gasteiger partial charge >= 0.3 is 0 Å². The van der Waals surface area contributed by atoms with Gasteiger partial charge in [-0.1, -0.05) is 31.5 Å². The summed E-state index contributed by atoms with van der Waals surface area (Å²) < 4.78 is 13.3. The zero-order valence-electron chi connectivity index (χ0n) is 9.84. The summed E-state index contributed by atoms with van der Waals surface area (Å²) in [5, 5.41) is 2.99. The minimum absolute atomic E-state index is 0.230. The van der Waals surface area contributed by atoms with Crippen LogP contribution < -0.4 is 5.32 Å². The maximum atomic E-state index is 13.3. The molecule has 0 aliphatic carbocycles. The molecule has 0 atom stereocenters. The van der Waals surface area contributed by atoms with Gasteiger partial charge in [0.1, 0.15) is 5.82 Å². The summed E-state index contributed by atoms with van der Waals surface area (Å²) in [7, 11) is 0. The lowest BCUT2D eigenvalue weighted by Crippen LogP contribution is -2.25. The van der Waals surface area contributed by atoms with Crippen molar-refractivity contribution in [2.75, 3.05) is 6.54 Å². The predicted octanol–water partition coefficient (Wildman–Crippen LogP) is 3.26. The molecule has 0 spiro atoms. The van der Waals surface area contributed by atoms with E-state index in [1.807, 2.05) is 13.8 Å². The van der Waals surface area contributed by atoms with Crippen LogP contribution in [-0.2, 0) is 4.79 Å². The summed E-state index contributed by atoms with van der Waals surface area (Å²) in [6, 6.07) is 4.40. The summed E-state index contributed by atoms with van der Waals surface area (Å²) >= 11 is 5.82. The molecule has 0 saturated carbocycles. The van der Waals surface area contributed by atoms with Crippen LogP contribution in [-0.4, -0.2) is 12.5 Å². The minimum atomic E-state index is -0.439. The molecular formula is C13H15ClFNO. The van der Waals surface area contributed by atoms with Crippen molar-refractivity contribution in [3.8, 4) is 0 Å². The lowest BCUT2D eigenvalue weighted by atomic mass is 10.2. The predicted molar refractivity (Wildman–Crippen MR) is 68.3 cm³/mol. The summed E-state index contributed by atoms with van der Waals surface area (Å²) in [6.07, 6.45) is 2.67. The molecule has 2 nitrogen and oxygen atoms in total. The second kappa shape index (κ2) is 6.40. The molecule has 17 heavy (non-hydrogen) atoms. The largest absolute Gasteiger partial charge is 0.352 e. The van der Waals surface area contributed by atoms with Gasteiger partial charge in [-0.3, -0.25) is 4.79 Å². The Morgan fingerprint density at radius 1 is 1.53 bits per heavy atom. The van der Waals surface area contributed by atoms with Crippen LogP contribution in [0.5, 0.6) is 0 Å². The Labute approximate surface area is 105 Å². The van der Waals surface area contributed by atoms with E-state index in [4.69, 9.17) is 11.6 Å². The van der Waals surface area contributed by atoms with E-state index in [2.05, 4.69) is 5.32 Å². The molecule has 1 aromatic rings. The van der Waals surface area contributed by atoms with Gasteiger partial charge in [0.25, 0.3) is 0 Å². The Hall–Kier alpha value is -1.35. The lowest BCUT2D eigenvalue weighted by Gasteiger charge is -2.04. The van der Waals surface area contributed by atoms with E-state index in [1.165, 1.54) is 24.3 Å². The first kappa shape index (κ1) is 13.7. The van der Waals surface area contributed by atoms with Crippen molar-refractivity contribution in [1.82, 2.24) is 5.32 Å². The first-order valence-electron chi connectivity index (χ1n) is 5.40. The fourth-order valence-electron chi connectivity index (χ4n) is 1.19. The van der Waals surface area contributed by atoms with Crippen molar-refractivity contribution >= 4 is 23.6 Å². The molecule has 0 heterocycles. The first-order chi connectivity index (χ1) is 8.00. The van der Waals surface area contributed by atoms with E-state index >= 15 is 0 Å². The van der Waals surface area contributed by atoms with Gasteiger partial charge in [0.15, 0.2) is 0 Å². The maximum absolute atomic E-state index is 13.3. The number of rotatable bonds is 4. The van der Waals surface area contributed by atoms with Gasteiger partial charge in [0, 0.05) is 18.2 Å². The SMILES string of the molecule is CC(C)CNC(=O)C=Cc1c(F)cccc1Cl. The number of halogens is 2. The average molecular weight is 256 g/mol. The number of benzene rings is 1. The smallest absolute Gasteiger partial charge is 0.244 e.